The topological polar surface area (TPSA) is 85.1 Å². The average molecular weight is 367 g/mol. The number of nitrogens with one attached hydrogen (secondary N) is 1. The maximum absolute atomic E-state index is 12.4. The third kappa shape index (κ3) is 4.12. The van der Waals surface area contributed by atoms with Crippen LogP contribution in [0.1, 0.15) is 15.4 Å². The lowest BCUT2D eigenvalue weighted by Gasteiger charge is -2.06. The van der Waals surface area contributed by atoms with Crippen LogP contribution in [0.15, 0.2) is 48.5 Å². The van der Waals surface area contributed by atoms with Gasteiger partial charge in [-0.15, -0.1) is 11.3 Å². The first-order valence-electron chi connectivity index (χ1n) is 8.00. The molecular formula is C19H17N3O3S. The summed E-state index contributed by atoms with van der Waals surface area (Å²) in [7, 11) is 0. The maximum atomic E-state index is 12.4. The highest BCUT2D eigenvalue weighted by Gasteiger charge is 2.15. The van der Waals surface area contributed by atoms with Crippen molar-refractivity contribution in [3.05, 3.63) is 74.1 Å². The summed E-state index contributed by atoms with van der Waals surface area (Å²) in [5.41, 5.74) is 3.28. The summed E-state index contributed by atoms with van der Waals surface area (Å²) >= 11 is 1.48. The van der Waals surface area contributed by atoms with E-state index in [9.17, 15) is 14.9 Å². The average Bonchev–Trinajstić information content (AvgIpc) is 2.95. The summed E-state index contributed by atoms with van der Waals surface area (Å²) in [6.45, 7) is 3.92. The van der Waals surface area contributed by atoms with E-state index in [1.54, 1.807) is 12.1 Å². The Labute approximate surface area is 154 Å². The van der Waals surface area contributed by atoms with Crippen LogP contribution in [0.25, 0.3) is 11.3 Å². The van der Waals surface area contributed by atoms with Crippen molar-refractivity contribution < 1.29 is 9.72 Å². The molecule has 0 aliphatic rings. The van der Waals surface area contributed by atoms with Crippen LogP contribution < -0.4 is 5.32 Å². The number of amides is 1. The Morgan fingerprint density at radius 2 is 1.92 bits per heavy atom. The second-order valence-corrected chi connectivity index (χ2v) is 7.19. The monoisotopic (exact) mass is 367 g/mol. The van der Waals surface area contributed by atoms with Gasteiger partial charge in [0.1, 0.15) is 0 Å². The molecule has 6 nitrogen and oxygen atoms in total. The Morgan fingerprint density at radius 1 is 1.19 bits per heavy atom. The van der Waals surface area contributed by atoms with Crippen molar-refractivity contribution in [2.45, 2.75) is 20.3 Å². The molecule has 1 N–H and O–H groups in total. The Bertz CT molecular complexity index is 964. The third-order valence-electron chi connectivity index (χ3n) is 3.79. The van der Waals surface area contributed by atoms with Crippen molar-refractivity contribution in [3.8, 4) is 11.3 Å². The van der Waals surface area contributed by atoms with Crippen LogP contribution >= 0.6 is 11.3 Å². The van der Waals surface area contributed by atoms with Crippen molar-refractivity contribution in [2.24, 2.45) is 0 Å². The molecule has 7 heteroatoms. The fraction of sp³-hybridized carbons (Fsp3) is 0.158. The van der Waals surface area contributed by atoms with Gasteiger partial charge in [-0.05, 0) is 19.9 Å². The molecule has 0 aliphatic carbocycles. The Morgan fingerprint density at radius 3 is 2.62 bits per heavy atom. The van der Waals surface area contributed by atoms with Crippen LogP contribution in [0.2, 0.25) is 0 Å². The first-order valence-corrected chi connectivity index (χ1v) is 8.81. The minimum absolute atomic E-state index is 0.0585. The highest BCUT2D eigenvalue weighted by molar-refractivity contribution is 7.12. The second-order valence-electron chi connectivity index (χ2n) is 5.90. The molecule has 1 amide bonds. The third-order valence-corrected chi connectivity index (χ3v) is 4.76. The number of carbonyl (C=O) groups excluding carboxylic acids is 1. The number of nitro benzene ring substituents is 1. The van der Waals surface area contributed by atoms with E-state index in [4.69, 9.17) is 0 Å². The number of hydrogen-bond acceptors (Lipinski definition) is 5. The van der Waals surface area contributed by atoms with Gasteiger partial charge in [-0.3, -0.25) is 14.9 Å². The molecule has 0 bridgehead atoms. The SMILES string of the molecule is Cc1ccc(-c2nc(C)sc2CC(=O)Nc2cccc([N+](=O)[O-])c2)cc1. The molecule has 0 unspecified atom stereocenters. The van der Waals surface area contributed by atoms with Gasteiger partial charge in [-0.2, -0.15) is 0 Å². The van der Waals surface area contributed by atoms with E-state index < -0.39 is 4.92 Å². The molecule has 3 aromatic rings. The summed E-state index contributed by atoms with van der Waals surface area (Å²) in [5.74, 6) is -0.234. The molecule has 0 radical (unpaired) electrons. The van der Waals surface area contributed by atoms with Gasteiger partial charge in [0.05, 0.1) is 22.0 Å². The normalized spacial score (nSPS) is 10.5. The zero-order chi connectivity index (χ0) is 18.7. The minimum atomic E-state index is -0.488. The zero-order valence-corrected chi connectivity index (χ0v) is 15.2. The summed E-state index contributed by atoms with van der Waals surface area (Å²) in [4.78, 5) is 28.2. The Balaban J connectivity index is 1.79. The Kier molecular flexibility index (Phi) is 5.09. The number of nitro groups is 1. The molecule has 26 heavy (non-hydrogen) atoms. The van der Waals surface area contributed by atoms with Crippen LogP contribution in [-0.4, -0.2) is 15.8 Å². The van der Waals surface area contributed by atoms with Crippen molar-refractivity contribution in [3.63, 3.8) is 0 Å². The summed E-state index contributed by atoms with van der Waals surface area (Å²) in [6.07, 6.45) is 0.164. The summed E-state index contributed by atoms with van der Waals surface area (Å²) in [6, 6.07) is 13.9. The predicted molar refractivity (Wildman–Crippen MR) is 102 cm³/mol. The van der Waals surface area contributed by atoms with E-state index in [0.717, 1.165) is 26.7 Å². The standard InChI is InChI=1S/C19H17N3O3S/c1-12-6-8-14(9-7-12)19-17(26-13(2)20-19)11-18(23)21-15-4-3-5-16(10-15)22(24)25/h3-10H,11H2,1-2H3,(H,21,23). The molecule has 0 saturated heterocycles. The molecular weight excluding hydrogens is 350 g/mol. The van der Waals surface area contributed by atoms with Crippen LogP contribution in [0.5, 0.6) is 0 Å². The number of non-ortho nitro benzene ring substituents is 1. The lowest BCUT2D eigenvalue weighted by Crippen LogP contribution is -2.14. The molecule has 0 aliphatic heterocycles. The zero-order valence-electron chi connectivity index (χ0n) is 14.4. The van der Waals surface area contributed by atoms with Gasteiger partial charge in [0.25, 0.3) is 5.69 Å². The fourth-order valence-electron chi connectivity index (χ4n) is 2.57. The number of aromatic nitrogens is 1. The molecule has 132 valence electrons. The second kappa shape index (κ2) is 7.45. The number of benzene rings is 2. The first kappa shape index (κ1) is 17.8. The highest BCUT2D eigenvalue weighted by atomic mass is 32.1. The van der Waals surface area contributed by atoms with Crippen molar-refractivity contribution in [1.29, 1.82) is 0 Å². The van der Waals surface area contributed by atoms with E-state index in [1.165, 1.54) is 23.5 Å². The summed E-state index contributed by atoms with van der Waals surface area (Å²) in [5, 5.41) is 14.5. The van der Waals surface area contributed by atoms with E-state index in [0.29, 0.717) is 5.69 Å². The van der Waals surface area contributed by atoms with Crippen LogP contribution in [0.4, 0.5) is 11.4 Å². The highest BCUT2D eigenvalue weighted by Crippen LogP contribution is 2.29. The smallest absolute Gasteiger partial charge is 0.271 e. The molecule has 1 aromatic heterocycles. The van der Waals surface area contributed by atoms with Gasteiger partial charge >= 0.3 is 0 Å². The summed E-state index contributed by atoms with van der Waals surface area (Å²) < 4.78 is 0. The van der Waals surface area contributed by atoms with E-state index >= 15 is 0 Å². The molecule has 0 atom stereocenters. The van der Waals surface area contributed by atoms with Gasteiger partial charge in [0.15, 0.2) is 0 Å². The molecule has 1 heterocycles. The number of hydrogen-bond donors (Lipinski definition) is 1. The van der Waals surface area contributed by atoms with Crippen molar-refractivity contribution >= 4 is 28.6 Å². The largest absolute Gasteiger partial charge is 0.326 e. The van der Waals surface area contributed by atoms with Gasteiger partial charge in [-0.25, -0.2) is 4.98 Å². The first-order chi connectivity index (χ1) is 12.4. The van der Waals surface area contributed by atoms with E-state index in [2.05, 4.69) is 10.3 Å². The number of thiazole rings is 1. The van der Waals surface area contributed by atoms with Gasteiger partial charge < -0.3 is 5.32 Å². The minimum Gasteiger partial charge on any atom is -0.326 e. The van der Waals surface area contributed by atoms with Crippen LogP contribution in [0, 0.1) is 24.0 Å². The number of rotatable bonds is 5. The van der Waals surface area contributed by atoms with Crippen molar-refractivity contribution in [1.82, 2.24) is 4.98 Å². The quantitative estimate of drug-likeness (QED) is 0.531. The molecule has 2 aromatic carbocycles. The lowest BCUT2D eigenvalue weighted by molar-refractivity contribution is -0.384. The van der Waals surface area contributed by atoms with Crippen molar-refractivity contribution in [2.75, 3.05) is 5.32 Å². The molecule has 0 spiro atoms. The van der Waals surface area contributed by atoms with E-state index in [-0.39, 0.29) is 18.0 Å². The van der Waals surface area contributed by atoms with Gasteiger partial charge in [0.2, 0.25) is 5.91 Å². The number of nitrogens with zero attached hydrogens (tertiary/aromatic N) is 2. The number of aryl methyl sites for hydroxylation is 2. The Hall–Kier alpha value is -3.06. The van der Waals surface area contributed by atoms with Gasteiger partial charge in [0, 0.05) is 28.3 Å². The van der Waals surface area contributed by atoms with Crippen LogP contribution in [0.3, 0.4) is 0 Å². The fourth-order valence-corrected chi connectivity index (χ4v) is 3.53. The lowest BCUT2D eigenvalue weighted by atomic mass is 10.1. The van der Waals surface area contributed by atoms with Gasteiger partial charge in [-0.1, -0.05) is 35.9 Å². The number of anilines is 1. The number of carbonyl (C=O) groups is 1. The van der Waals surface area contributed by atoms with Crippen LogP contribution in [-0.2, 0) is 11.2 Å². The molecule has 0 fully saturated rings. The molecule has 0 saturated carbocycles. The maximum Gasteiger partial charge on any atom is 0.271 e. The predicted octanol–water partition coefficient (Wildman–Crippen LogP) is 4.52. The molecule has 3 rings (SSSR count). The van der Waals surface area contributed by atoms with E-state index in [1.807, 2.05) is 38.1 Å².